The molecule has 146 valence electrons. The van der Waals surface area contributed by atoms with E-state index in [1.807, 2.05) is 78.5 Å². The molecule has 0 saturated heterocycles. The summed E-state index contributed by atoms with van der Waals surface area (Å²) in [7, 11) is 0. The van der Waals surface area contributed by atoms with E-state index in [-0.39, 0.29) is 11.8 Å². The molecule has 0 saturated carbocycles. The predicted octanol–water partition coefficient (Wildman–Crippen LogP) is 4.50. The van der Waals surface area contributed by atoms with Gasteiger partial charge in [0.25, 0.3) is 5.91 Å². The van der Waals surface area contributed by atoms with Crippen LogP contribution in [-0.4, -0.2) is 26.8 Å². The van der Waals surface area contributed by atoms with E-state index < -0.39 is 0 Å². The molecule has 0 spiro atoms. The van der Waals surface area contributed by atoms with Crippen molar-refractivity contribution in [1.82, 2.24) is 19.7 Å². The quantitative estimate of drug-likeness (QED) is 0.532. The normalized spacial score (nSPS) is 11.9. The van der Waals surface area contributed by atoms with Gasteiger partial charge in [0, 0.05) is 18.9 Å². The highest BCUT2D eigenvalue weighted by atomic mass is 16.1. The molecule has 2 aromatic heterocycles. The lowest BCUT2D eigenvalue weighted by Gasteiger charge is -2.14. The Kier molecular flexibility index (Phi) is 5.29. The molecule has 2 aromatic carbocycles. The van der Waals surface area contributed by atoms with E-state index in [1.165, 1.54) is 11.1 Å². The molecular weight excluding hydrogens is 360 g/mol. The molecule has 1 N–H and O–H groups in total. The van der Waals surface area contributed by atoms with Crippen molar-refractivity contribution in [3.05, 3.63) is 102 Å². The summed E-state index contributed by atoms with van der Waals surface area (Å²) in [4.78, 5) is 13.0. The monoisotopic (exact) mass is 384 g/mol. The maximum absolute atomic E-state index is 13.0. The van der Waals surface area contributed by atoms with Crippen LogP contribution < -0.4 is 5.32 Å². The molecular formula is C24H24N4O. The minimum Gasteiger partial charge on any atom is -0.351 e. The third-order valence-corrected chi connectivity index (χ3v) is 5.05. The fourth-order valence-corrected chi connectivity index (χ4v) is 3.34. The Bertz CT molecular complexity index is 1080. The number of benzene rings is 2. The average molecular weight is 384 g/mol. The van der Waals surface area contributed by atoms with Gasteiger partial charge in [-0.2, -0.15) is 5.10 Å². The number of rotatable bonds is 6. The third kappa shape index (κ3) is 3.99. The van der Waals surface area contributed by atoms with E-state index in [0.717, 1.165) is 11.5 Å². The van der Waals surface area contributed by atoms with Gasteiger partial charge in [0.2, 0.25) is 0 Å². The minimum absolute atomic E-state index is 0.130. The largest absolute Gasteiger partial charge is 0.351 e. The van der Waals surface area contributed by atoms with Crippen LogP contribution in [0.25, 0.3) is 11.5 Å². The first-order chi connectivity index (χ1) is 14.1. The Balaban J connectivity index is 1.61. The number of nitrogens with one attached hydrogen (secondary N) is 1. The third-order valence-electron chi connectivity index (χ3n) is 5.05. The van der Waals surface area contributed by atoms with Crippen molar-refractivity contribution in [2.75, 3.05) is 6.54 Å². The van der Waals surface area contributed by atoms with Gasteiger partial charge in [-0.25, -0.2) is 4.68 Å². The second-order valence-corrected chi connectivity index (χ2v) is 7.24. The Morgan fingerprint density at radius 3 is 2.38 bits per heavy atom. The van der Waals surface area contributed by atoms with E-state index in [9.17, 15) is 4.79 Å². The fraction of sp³-hybridized carbons (Fsp3) is 0.167. The lowest BCUT2D eigenvalue weighted by molar-refractivity contribution is 0.0951. The van der Waals surface area contributed by atoms with Crippen molar-refractivity contribution >= 4 is 5.91 Å². The van der Waals surface area contributed by atoms with Crippen LogP contribution in [0.15, 0.2) is 85.3 Å². The number of nitrogens with zero attached hydrogens (tertiary/aromatic N) is 3. The molecule has 4 rings (SSSR count). The van der Waals surface area contributed by atoms with Gasteiger partial charge in [-0.15, -0.1) is 0 Å². The van der Waals surface area contributed by atoms with Gasteiger partial charge in [0.1, 0.15) is 5.56 Å². The number of hydrogen-bond donors (Lipinski definition) is 1. The summed E-state index contributed by atoms with van der Waals surface area (Å²) in [6.07, 6.45) is 5.48. The zero-order valence-electron chi connectivity index (χ0n) is 16.6. The van der Waals surface area contributed by atoms with Crippen molar-refractivity contribution in [3.8, 4) is 11.5 Å². The fourth-order valence-electron chi connectivity index (χ4n) is 3.34. The van der Waals surface area contributed by atoms with Gasteiger partial charge in [-0.3, -0.25) is 4.79 Å². The number of hydrogen-bond acceptors (Lipinski definition) is 2. The summed E-state index contributed by atoms with van der Waals surface area (Å²) < 4.78 is 3.72. The van der Waals surface area contributed by atoms with Gasteiger partial charge in [0.05, 0.1) is 11.9 Å². The van der Waals surface area contributed by atoms with Gasteiger partial charge in [-0.05, 0) is 42.7 Å². The number of amides is 1. The van der Waals surface area contributed by atoms with Crippen molar-refractivity contribution in [2.45, 2.75) is 19.8 Å². The van der Waals surface area contributed by atoms with Crippen LogP contribution in [0, 0.1) is 6.92 Å². The first kappa shape index (κ1) is 18.7. The molecule has 5 nitrogen and oxygen atoms in total. The molecule has 0 aliphatic heterocycles. The van der Waals surface area contributed by atoms with Crippen LogP contribution in [-0.2, 0) is 0 Å². The van der Waals surface area contributed by atoms with E-state index in [0.29, 0.717) is 12.1 Å². The summed E-state index contributed by atoms with van der Waals surface area (Å²) in [5.41, 5.74) is 3.84. The Hall–Kier alpha value is -3.60. The summed E-state index contributed by atoms with van der Waals surface area (Å²) in [6, 6.07) is 22.2. The maximum Gasteiger partial charge on any atom is 0.256 e. The van der Waals surface area contributed by atoms with Crippen LogP contribution in [0.4, 0.5) is 0 Å². The molecule has 0 fully saturated rings. The molecule has 2 heterocycles. The standard InChI is InChI=1S/C24H24N4O/c1-18-10-12-21(13-11-18)28-24(27-14-6-7-15-27)22(17-26-28)23(29)25-16-19(2)20-8-4-3-5-9-20/h3-15,17,19H,16H2,1-2H3,(H,25,29)/t19-/m0/s1. The van der Waals surface area contributed by atoms with Crippen LogP contribution in [0.3, 0.4) is 0 Å². The molecule has 0 bridgehead atoms. The van der Waals surface area contributed by atoms with E-state index >= 15 is 0 Å². The van der Waals surface area contributed by atoms with Crippen LogP contribution in [0.1, 0.15) is 34.3 Å². The molecule has 0 aliphatic carbocycles. The number of aryl methyl sites for hydroxylation is 1. The average Bonchev–Trinajstić information content (AvgIpc) is 3.42. The summed E-state index contributed by atoms with van der Waals surface area (Å²) in [5, 5.41) is 7.58. The molecule has 0 aliphatic rings. The van der Waals surface area contributed by atoms with Crippen molar-refractivity contribution in [3.63, 3.8) is 0 Å². The Labute approximate surface area is 170 Å². The second kappa shape index (κ2) is 8.19. The van der Waals surface area contributed by atoms with E-state index in [1.54, 1.807) is 10.9 Å². The van der Waals surface area contributed by atoms with E-state index in [2.05, 4.69) is 29.5 Å². The minimum atomic E-state index is -0.130. The van der Waals surface area contributed by atoms with Crippen molar-refractivity contribution in [1.29, 1.82) is 0 Å². The van der Waals surface area contributed by atoms with Crippen LogP contribution >= 0.6 is 0 Å². The number of carbonyl (C=O) groups is 1. The first-order valence-corrected chi connectivity index (χ1v) is 9.75. The summed E-state index contributed by atoms with van der Waals surface area (Å²) in [5.74, 6) is 0.820. The summed E-state index contributed by atoms with van der Waals surface area (Å²) >= 11 is 0. The smallest absolute Gasteiger partial charge is 0.256 e. The molecule has 0 radical (unpaired) electrons. The van der Waals surface area contributed by atoms with Gasteiger partial charge >= 0.3 is 0 Å². The highest BCUT2D eigenvalue weighted by Gasteiger charge is 2.20. The first-order valence-electron chi connectivity index (χ1n) is 9.75. The Morgan fingerprint density at radius 2 is 1.69 bits per heavy atom. The zero-order valence-corrected chi connectivity index (χ0v) is 16.6. The van der Waals surface area contributed by atoms with Crippen molar-refractivity contribution in [2.24, 2.45) is 0 Å². The van der Waals surface area contributed by atoms with Crippen LogP contribution in [0.5, 0.6) is 0 Å². The summed E-state index contributed by atoms with van der Waals surface area (Å²) in [6.45, 7) is 4.72. The number of aromatic nitrogens is 3. The lowest BCUT2D eigenvalue weighted by atomic mass is 10.0. The van der Waals surface area contributed by atoms with E-state index in [4.69, 9.17) is 0 Å². The Morgan fingerprint density at radius 1 is 1.00 bits per heavy atom. The molecule has 1 atom stereocenters. The van der Waals surface area contributed by atoms with Gasteiger partial charge < -0.3 is 9.88 Å². The second-order valence-electron chi connectivity index (χ2n) is 7.24. The number of carbonyl (C=O) groups excluding carboxylic acids is 1. The van der Waals surface area contributed by atoms with Gasteiger partial charge in [0.15, 0.2) is 5.82 Å². The maximum atomic E-state index is 13.0. The lowest BCUT2D eigenvalue weighted by Crippen LogP contribution is -2.28. The van der Waals surface area contributed by atoms with Crippen molar-refractivity contribution < 1.29 is 4.79 Å². The molecule has 5 heteroatoms. The van der Waals surface area contributed by atoms with Gasteiger partial charge in [-0.1, -0.05) is 55.0 Å². The highest BCUT2D eigenvalue weighted by molar-refractivity contribution is 5.97. The molecule has 29 heavy (non-hydrogen) atoms. The molecule has 1 amide bonds. The van der Waals surface area contributed by atoms with Crippen LogP contribution in [0.2, 0.25) is 0 Å². The SMILES string of the molecule is Cc1ccc(-n2ncc(C(=O)NC[C@H](C)c3ccccc3)c2-n2cccc2)cc1. The highest BCUT2D eigenvalue weighted by Crippen LogP contribution is 2.21. The molecule has 0 unspecified atom stereocenters. The molecule has 4 aromatic rings. The zero-order chi connectivity index (χ0) is 20.2. The topological polar surface area (TPSA) is 51.9 Å². The predicted molar refractivity (Wildman–Crippen MR) is 115 cm³/mol.